The minimum absolute atomic E-state index is 0.712. The molecule has 0 unspecified atom stereocenters. The number of nitrogens with one attached hydrogen (secondary N) is 1. The third-order valence-corrected chi connectivity index (χ3v) is 7.50. The number of thiazole rings is 1. The number of anilines is 1. The van der Waals surface area contributed by atoms with Crippen LogP contribution < -0.4 is 5.32 Å². The third-order valence-electron chi connectivity index (χ3n) is 5.38. The SMILES string of the molecule is CSc1ccc(CNc2ccc(Cl)c(-c3nc4ccccc4s3)c2)c(-c2ccccc2)c1. The number of fused-ring (bicyclic) bond motifs is 1. The number of thioether (sulfide) groups is 1. The molecule has 0 aliphatic heterocycles. The number of hydrogen-bond acceptors (Lipinski definition) is 4. The van der Waals surface area contributed by atoms with Gasteiger partial charge in [0.15, 0.2) is 0 Å². The fourth-order valence-corrected chi connectivity index (χ4v) is 5.41. The van der Waals surface area contributed by atoms with Gasteiger partial charge in [0.2, 0.25) is 0 Å². The number of benzene rings is 4. The Bertz CT molecular complexity index is 1350. The molecule has 0 bridgehead atoms. The van der Waals surface area contributed by atoms with Gasteiger partial charge in [-0.3, -0.25) is 0 Å². The smallest absolute Gasteiger partial charge is 0.126 e. The van der Waals surface area contributed by atoms with Crippen molar-refractivity contribution in [1.82, 2.24) is 4.98 Å². The second-order valence-electron chi connectivity index (χ2n) is 7.42. The average molecular weight is 473 g/mol. The summed E-state index contributed by atoms with van der Waals surface area (Å²) in [6.07, 6.45) is 2.11. The lowest BCUT2D eigenvalue weighted by Crippen LogP contribution is -2.02. The number of rotatable bonds is 6. The van der Waals surface area contributed by atoms with Crippen molar-refractivity contribution in [3.05, 3.63) is 102 Å². The molecule has 0 atom stereocenters. The second kappa shape index (κ2) is 9.37. The normalized spacial score (nSPS) is 11.1. The van der Waals surface area contributed by atoms with Gasteiger partial charge in [-0.25, -0.2) is 4.98 Å². The highest BCUT2D eigenvalue weighted by molar-refractivity contribution is 7.98. The molecule has 0 spiro atoms. The molecule has 0 amide bonds. The van der Waals surface area contributed by atoms with Gasteiger partial charge in [0.05, 0.1) is 15.2 Å². The van der Waals surface area contributed by atoms with Crippen molar-refractivity contribution in [1.29, 1.82) is 0 Å². The van der Waals surface area contributed by atoms with E-state index in [0.29, 0.717) is 5.02 Å². The van der Waals surface area contributed by atoms with Crippen LogP contribution >= 0.6 is 34.7 Å². The van der Waals surface area contributed by atoms with E-state index in [-0.39, 0.29) is 0 Å². The zero-order valence-electron chi connectivity index (χ0n) is 17.5. The lowest BCUT2D eigenvalue weighted by molar-refractivity contribution is 1.14. The molecule has 2 nitrogen and oxygen atoms in total. The van der Waals surface area contributed by atoms with Gasteiger partial charge in [0, 0.05) is 22.7 Å². The van der Waals surface area contributed by atoms with Crippen molar-refractivity contribution < 1.29 is 0 Å². The first-order valence-corrected chi connectivity index (χ1v) is 12.7. The van der Waals surface area contributed by atoms with Crippen LogP contribution in [0.4, 0.5) is 5.69 Å². The third kappa shape index (κ3) is 4.40. The molecule has 5 aromatic rings. The van der Waals surface area contributed by atoms with Crippen LogP contribution in [-0.4, -0.2) is 11.2 Å². The van der Waals surface area contributed by atoms with Gasteiger partial charge < -0.3 is 5.32 Å². The summed E-state index contributed by atoms with van der Waals surface area (Å²) < 4.78 is 1.17. The highest BCUT2D eigenvalue weighted by Gasteiger charge is 2.12. The van der Waals surface area contributed by atoms with Crippen molar-refractivity contribution >= 4 is 50.6 Å². The highest BCUT2D eigenvalue weighted by atomic mass is 35.5. The van der Waals surface area contributed by atoms with E-state index in [0.717, 1.165) is 28.3 Å². The van der Waals surface area contributed by atoms with E-state index in [2.05, 4.69) is 72.2 Å². The summed E-state index contributed by atoms with van der Waals surface area (Å²) in [5, 5.41) is 5.24. The van der Waals surface area contributed by atoms with Crippen molar-refractivity contribution in [2.75, 3.05) is 11.6 Å². The fraction of sp³-hybridized carbons (Fsp3) is 0.0741. The van der Waals surface area contributed by atoms with Gasteiger partial charge in [-0.1, -0.05) is 60.1 Å². The lowest BCUT2D eigenvalue weighted by Gasteiger charge is -2.14. The fourth-order valence-electron chi connectivity index (χ4n) is 3.71. The van der Waals surface area contributed by atoms with Gasteiger partial charge in [-0.2, -0.15) is 0 Å². The zero-order chi connectivity index (χ0) is 21.9. The maximum Gasteiger partial charge on any atom is 0.126 e. The van der Waals surface area contributed by atoms with Crippen molar-refractivity contribution in [3.63, 3.8) is 0 Å². The molecule has 4 aromatic carbocycles. The molecule has 0 fully saturated rings. The maximum atomic E-state index is 6.55. The molecule has 0 saturated carbocycles. The minimum Gasteiger partial charge on any atom is -0.381 e. The first-order valence-electron chi connectivity index (χ1n) is 10.3. The Hall–Kier alpha value is -2.79. The van der Waals surface area contributed by atoms with Crippen LogP contribution in [0.1, 0.15) is 5.56 Å². The monoisotopic (exact) mass is 472 g/mol. The standard InChI is InChI=1S/C27H21ClN2S2/c1-31-21-13-11-19(22(16-21)18-7-3-2-4-8-18)17-29-20-12-14-24(28)23(15-20)27-30-25-9-5-6-10-26(25)32-27/h2-16,29H,17H2,1H3. The van der Waals surface area contributed by atoms with Gasteiger partial charge >= 0.3 is 0 Å². The Labute approximate surface area is 201 Å². The van der Waals surface area contributed by atoms with Crippen molar-refractivity contribution in [2.45, 2.75) is 11.4 Å². The van der Waals surface area contributed by atoms with Gasteiger partial charge in [0.25, 0.3) is 0 Å². The van der Waals surface area contributed by atoms with Crippen LogP contribution in [0, 0.1) is 0 Å². The van der Waals surface area contributed by atoms with Crippen LogP contribution in [0.15, 0.2) is 95.9 Å². The largest absolute Gasteiger partial charge is 0.381 e. The molecular weight excluding hydrogens is 452 g/mol. The summed E-state index contributed by atoms with van der Waals surface area (Å²) in [6, 6.07) is 31.5. The Kier molecular flexibility index (Phi) is 6.17. The second-order valence-corrected chi connectivity index (χ2v) is 9.74. The van der Waals surface area contributed by atoms with E-state index < -0.39 is 0 Å². The lowest BCUT2D eigenvalue weighted by atomic mass is 9.99. The molecule has 1 aromatic heterocycles. The van der Waals surface area contributed by atoms with Gasteiger partial charge in [-0.05, 0) is 65.4 Å². The molecule has 1 heterocycles. The van der Waals surface area contributed by atoms with Gasteiger partial charge in [-0.15, -0.1) is 23.1 Å². The summed E-state index contributed by atoms with van der Waals surface area (Å²) >= 11 is 9.98. The number of para-hydroxylation sites is 1. The topological polar surface area (TPSA) is 24.9 Å². The maximum absolute atomic E-state index is 6.55. The molecule has 5 heteroatoms. The predicted octanol–water partition coefficient (Wildman–Crippen LogP) is 8.62. The summed E-state index contributed by atoms with van der Waals surface area (Å²) in [5.41, 5.74) is 6.72. The quantitative estimate of drug-likeness (QED) is 0.250. The molecule has 1 N–H and O–H groups in total. The molecule has 158 valence electrons. The Morgan fingerprint density at radius 1 is 0.875 bits per heavy atom. The average Bonchev–Trinajstić information content (AvgIpc) is 3.28. The van der Waals surface area contributed by atoms with Crippen LogP contribution in [0.25, 0.3) is 31.9 Å². The summed E-state index contributed by atoms with van der Waals surface area (Å²) in [4.78, 5) is 6.04. The molecule has 0 saturated heterocycles. The number of aromatic nitrogens is 1. The molecule has 0 aliphatic rings. The van der Waals surface area contributed by atoms with Crippen LogP contribution in [0.3, 0.4) is 0 Å². The van der Waals surface area contributed by atoms with E-state index in [1.165, 1.54) is 26.3 Å². The van der Waals surface area contributed by atoms with Crippen molar-refractivity contribution in [2.24, 2.45) is 0 Å². The Morgan fingerprint density at radius 2 is 1.69 bits per heavy atom. The minimum atomic E-state index is 0.712. The number of halogens is 1. The van der Waals surface area contributed by atoms with Crippen molar-refractivity contribution in [3.8, 4) is 21.7 Å². The van der Waals surface area contributed by atoms with E-state index in [9.17, 15) is 0 Å². The molecule has 32 heavy (non-hydrogen) atoms. The Balaban J connectivity index is 1.44. The number of hydrogen-bond donors (Lipinski definition) is 1. The molecular formula is C27H21ClN2S2. The summed E-state index contributed by atoms with van der Waals surface area (Å²) in [6.45, 7) is 0.722. The first kappa shape index (κ1) is 21.1. The predicted molar refractivity (Wildman–Crippen MR) is 141 cm³/mol. The van der Waals surface area contributed by atoms with E-state index in [4.69, 9.17) is 16.6 Å². The summed E-state index contributed by atoms with van der Waals surface area (Å²) in [5.74, 6) is 0. The van der Waals surface area contributed by atoms with E-state index >= 15 is 0 Å². The summed E-state index contributed by atoms with van der Waals surface area (Å²) in [7, 11) is 0. The van der Waals surface area contributed by atoms with Crippen LogP contribution in [0.5, 0.6) is 0 Å². The van der Waals surface area contributed by atoms with E-state index in [1.54, 1.807) is 23.1 Å². The van der Waals surface area contributed by atoms with Crippen LogP contribution in [0.2, 0.25) is 5.02 Å². The molecule has 5 rings (SSSR count). The van der Waals surface area contributed by atoms with Crippen LogP contribution in [-0.2, 0) is 6.54 Å². The highest BCUT2D eigenvalue weighted by Crippen LogP contribution is 2.36. The molecule has 0 radical (unpaired) electrons. The van der Waals surface area contributed by atoms with Gasteiger partial charge in [0.1, 0.15) is 5.01 Å². The van der Waals surface area contributed by atoms with E-state index in [1.807, 2.05) is 30.3 Å². The zero-order valence-corrected chi connectivity index (χ0v) is 19.9. The molecule has 0 aliphatic carbocycles. The first-order chi connectivity index (χ1) is 15.7. The Morgan fingerprint density at radius 3 is 2.50 bits per heavy atom. The number of nitrogens with zero attached hydrogens (tertiary/aromatic N) is 1.